The molecule has 1 N–H and O–H groups in total. The van der Waals surface area contributed by atoms with Gasteiger partial charge in [-0.15, -0.1) is 0 Å². The fourth-order valence-electron chi connectivity index (χ4n) is 2.22. The zero-order chi connectivity index (χ0) is 15.6. The highest BCUT2D eigenvalue weighted by atomic mass is 16.6. The summed E-state index contributed by atoms with van der Waals surface area (Å²) in [6.07, 6.45) is 0.449. The van der Waals surface area contributed by atoms with Crippen molar-refractivity contribution in [3.8, 4) is 5.95 Å². The molecule has 0 aliphatic carbocycles. The first-order valence-corrected chi connectivity index (χ1v) is 6.54. The van der Waals surface area contributed by atoms with Gasteiger partial charge in [0.15, 0.2) is 6.04 Å². The Bertz CT molecular complexity index is 594. The smallest absolute Gasteiger partial charge is 0.408 e. The van der Waals surface area contributed by atoms with Gasteiger partial charge in [0.2, 0.25) is 0 Å². The van der Waals surface area contributed by atoms with E-state index in [0.717, 1.165) is 0 Å². The van der Waals surface area contributed by atoms with Crippen LogP contribution >= 0.6 is 0 Å². The third-order valence-electron chi connectivity index (χ3n) is 3.07. The molecule has 0 saturated heterocycles. The van der Waals surface area contributed by atoms with E-state index in [9.17, 15) is 9.90 Å². The van der Waals surface area contributed by atoms with Gasteiger partial charge >= 0.3 is 6.09 Å². The SMILES string of the molecule is COc1ccc(C(c2ccco2)N(C(=O)O)C(C)(C)C)o1. The molecule has 0 saturated carbocycles. The van der Waals surface area contributed by atoms with Crippen molar-refractivity contribution >= 4 is 6.09 Å². The lowest BCUT2D eigenvalue weighted by molar-refractivity contribution is 0.0665. The first-order chi connectivity index (χ1) is 9.84. The monoisotopic (exact) mass is 293 g/mol. The summed E-state index contributed by atoms with van der Waals surface area (Å²) in [4.78, 5) is 13.0. The Morgan fingerprint density at radius 1 is 1.29 bits per heavy atom. The minimum Gasteiger partial charge on any atom is -0.468 e. The van der Waals surface area contributed by atoms with Gasteiger partial charge < -0.3 is 18.7 Å². The number of hydrogen-bond donors (Lipinski definition) is 1. The van der Waals surface area contributed by atoms with Crippen molar-refractivity contribution in [3.05, 3.63) is 42.0 Å². The van der Waals surface area contributed by atoms with Crippen molar-refractivity contribution in [3.63, 3.8) is 0 Å². The van der Waals surface area contributed by atoms with E-state index in [1.807, 2.05) is 20.8 Å². The highest BCUT2D eigenvalue weighted by molar-refractivity contribution is 5.67. The second kappa shape index (κ2) is 5.55. The van der Waals surface area contributed by atoms with Gasteiger partial charge in [0.25, 0.3) is 5.95 Å². The van der Waals surface area contributed by atoms with Crippen LogP contribution in [0, 0.1) is 0 Å². The number of ether oxygens (including phenoxy) is 1. The summed E-state index contributed by atoms with van der Waals surface area (Å²) in [5.74, 6) is 1.25. The summed E-state index contributed by atoms with van der Waals surface area (Å²) in [7, 11) is 1.49. The van der Waals surface area contributed by atoms with E-state index in [1.54, 1.807) is 24.3 Å². The number of carbonyl (C=O) groups is 1. The van der Waals surface area contributed by atoms with E-state index >= 15 is 0 Å². The van der Waals surface area contributed by atoms with Crippen molar-refractivity contribution in [2.75, 3.05) is 7.11 Å². The van der Waals surface area contributed by atoms with Crippen molar-refractivity contribution in [1.82, 2.24) is 4.90 Å². The molecule has 2 aromatic rings. The van der Waals surface area contributed by atoms with Crippen LogP contribution in [0.4, 0.5) is 4.79 Å². The minimum absolute atomic E-state index is 0.320. The van der Waals surface area contributed by atoms with Crippen molar-refractivity contribution in [2.45, 2.75) is 32.4 Å². The summed E-state index contributed by atoms with van der Waals surface area (Å²) in [6.45, 7) is 5.45. The molecule has 0 bridgehead atoms. The molecule has 114 valence electrons. The van der Waals surface area contributed by atoms with Crippen LogP contribution in [0.3, 0.4) is 0 Å². The maximum absolute atomic E-state index is 11.7. The van der Waals surface area contributed by atoms with E-state index in [1.165, 1.54) is 18.3 Å². The third kappa shape index (κ3) is 3.04. The van der Waals surface area contributed by atoms with E-state index < -0.39 is 17.7 Å². The summed E-state index contributed by atoms with van der Waals surface area (Å²) < 4.78 is 16.0. The van der Waals surface area contributed by atoms with Crippen LogP contribution in [0.15, 0.2) is 39.4 Å². The molecule has 0 aromatic carbocycles. The number of rotatable bonds is 4. The summed E-state index contributed by atoms with van der Waals surface area (Å²) in [5, 5.41) is 9.61. The standard InChI is InChI=1S/C15H19NO5/c1-15(2,3)16(14(17)18)13(10-6-5-9-20-10)11-7-8-12(19-4)21-11/h5-9,13H,1-4H3,(H,17,18). The van der Waals surface area contributed by atoms with Gasteiger partial charge in [0, 0.05) is 11.6 Å². The van der Waals surface area contributed by atoms with Crippen LogP contribution < -0.4 is 4.74 Å². The van der Waals surface area contributed by atoms with Crippen LogP contribution in [-0.4, -0.2) is 28.7 Å². The van der Waals surface area contributed by atoms with Gasteiger partial charge in [0.1, 0.15) is 11.5 Å². The predicted octanol–water partition coefficient (Wildman–Crippen LogP) is 3.75. The predicted molar refractivity (Wildman–Crippen MR) is 75.4 cm³/mol. The molecule has 0 aliphatic rings. The third-order valence-corrected chi connectivity index (χ3v) is 3.07. The summed E-state index contributed by atoms with van der Waals surface area (Å²) in [5.41, 5.74) is -0.636. The van der Waals surface area contributed by atoms with Gasteiger partial charge in [-0.05, 0) is 39.0 Å². The Labute approximate surface area is 122 Å². The highest BCUT2D eigenvalue weighted by Gasteiger charge is 2.38. The Morgan fingerprint density at radius 3 is 2.43 bits per heavy atom. The topological polar surface area (TPSA) is 76.0 Å². The molecule has 1 unspecified atom stereocenters. The van der Waals surface area contributed by atoms with Crippen molar-refractivity contribution < 1.29 is 23.5 Å². The van der Waals surface area contributed by atoms with Crippen LogP contribution in [0.1, 0.15) is 38.3 Å². The maximum Gasteiger partial charge on any atom is 0.408 e. The molecule has 2 aromatic heterocycles. The zero-order valence-corrected chi connectivity index (χ0v) is 12.5. The molecule has 2 rings (SSSR count). The first-order valence-electron chi connectivity index (χ1n) is 6.54. The number of nitrogens with zero attached hydrogens (tertiary/aromatic N) is 1. The van der Waals surface area contributed by atoms with Crippen LogP contribution in [0.2, 0.25) is 0 Å². The lowest BCUT2D eigenvalue weighted by atomic mass is 10.0. The molecule has 0 radical (unpaired) electrons. The molecule has 2 heterocycles. The van der Waals surface area contributed by atoms with Crippen molar-refractivity contribution in [2.24, 2.45) is 0 Å². The lowest BCUT2D eigenvalue weighted by Gasteiger charge is -2.37. The molecular formula is C15H19NO5. The lowest BCUT2D eigenvalue weighted by Crippen LogP contribution is -2.47. The quantitative estimate of drug-likeness (QED) is 0.929. The Morgan fingerprint density at radius 2 is 2.00 bits per heavy atom. The molecule has 0 aliphatic heterocycles. The van der Waals surface area contributed by atoms with Gasteiger partial charge in [0.05, 0.1) is 13.4 Å². The fourth-order valence-corrected chi connectivity index (χ4v) is 2.22. The molecule has 21 heavy (non-hydrogen) atoms. The van der Waals surface area contributed by atoms with E-state index in [-0.39, 0.29) is 0 Å². The van der Waals surface area contributed by atoms with E-state index in [0.29, 0.717) is 17.5 Å². The molecule has 0 spiro atoms. The van der Waals surface area contributed by atoms with Gasteiger partial charge in [-0.2, -0.15) is 0 Å². The Hall–Kier alpha value is -2.37. The highest BCUT2D eigenvalue weighted by Crippen LogP contribution is 2.36. The van der Waals surface area contributed by atoms with Crippen LogP contribution in [0.25, 0.3) is 0 Å². The van der Waals surface area contributed by atoms with E-state index in [2.05, 4.69) is 0 Å². The van der Waals surface area contributed by atoms with Gasteiger partial charge in [-0.3, -0.25) is 4.90 Å². The fraction of sp³-hybridized carbons (Fsp3) is 0.400. The second-order valence-electron chi connectivity index (χ2n) is 5.60. The molecule has 1 amide bonds. The average Bonchev–Trinajstić information content (AvgIpc) is 3.05. The first kappa shape index (κ1) is 15.0. The Balaban J connectivity index is 2.52. The normalized spacial score (nSPS) is 13.0. The van der Waals surface area contributed by atoms with Gasteiger partial charge in [-0.1, -0.05) is 0 Å². The number of hydrogen-bond acceptors (Lipinski definition) is 4. The molecule has 6 nitrogen and oxygen atoms in total. The number of furan rings is 2. The van der Waals surface area contributed by atoms with E-state index in [4.69, 9.17) is 13.6 Å². The number of carboxylic acid groups (broad SMARTS) is 1. The molecule has 6 heteroatoms. The zero-order valence-electron chi connectivity index (χ0n) is 12.5. The maximum atomic E-state index is 11.7. The summed E-state index contributed by atoms with van der Waals surface area (Å²) in [6, 6.07) is 6.09. The van der Waals surface area contributed by atoms with Crippen LogP contribution in [-0.2, 0) is 0 Å². The number of amides is 1. The molecular weight excluding hydrogens is 274 g/mol. The largest absolute Gasteiger partial charge is 0.468 e. The van der Waals surface area contributed by atoms with Crippen LogP contribution in [0.5, 0.6) is 5.95 Å². The Kier molecular flexibility index (Phi) is 3.97. The molecule has 1 atom stereocenters. The second-order valence-corrected chi connectivity index (χ2v) is 5.60. The molecule has 0 fully saturated rings. The summed E-state index contributed by atoms with van der Waals surface area (Å²) >= 11 is 0. The minimum atomic E-state index is -1.06. The van der Waals surface area contributed by atoms with Crippen molar-refractivity contribution in [1.29, 1.82) is 0 Å². The van der Waals surface area contributed by atoms with Gasteiger partial charge in [-0.25, -0.2) is 4.79 Å². The average molecular weight is 293 g/mol. The number of methoxy groups -OCH3 is 1.